The van der Waals surface area contributed by atoms with Gasteiger partial charge in [-0.15, -0.1) is 0 Å². The molecule has 0 saturated carbocycles. The first kappa shape index (κ1) is 16.0. The lowest BCUT2D eigenvalue weighted by atomic mass is 10.1. The van der Waals surface area contributed by atoms with Crippen molar-refractivity contribution in [3.05, 3.63) is 0 Å². The average Bonchev–Trinajstić information content (AvgIpc) is 2.42. The smallest absolute Gasteiger partial charge is 0.233 e. The molecule has 2 N–H and O–H groups in total. The van der Waals surface area contributed by atoms with E-state index in [9.17, 15) is 9.59 Å². The summed E-state index contributed by atoms with van der Waals surface area (Å²) in [5.41, 5.74) is 0. The second kappa shape index (κ2) is 8.91. The molecule has 2 amide bonds. The largest absolute Gasteiger partial charge is 0.355 e. The van der Waals surface area contributed by atoms with Gasteiger partial charge in [0.1, 0.15) is 0 Å². The number of piperidine rings is 1. The van der Waals surface area contributed by atoms with E-state index < -0.39 is 0 Å². The molecule has 0 bridgehead atoms. The molecule has 1 rings (SSSR count). The molecule has 0 aromatic heterocycles. The molecule has 1 saturated heterocycles. The molecule has 1 aliphatic rings. The molecule has 1 fully saturated rings. The number of nitrogens with one attached hydrogen (secondary N) is 2. The molecular formula is C14H27N3O2. The van der Waals surface area contributed by atoms with E-state index >= 15 is 0 Å². The highest BCUT2D eigenvalue weighted by Gasteiger charge is 2.15. The summed E-state index contributed by atoms with van der Waals surface area (Å²) in [7, 11) is 0. The molecule has 0 aromatic carbocycles. The minimum atomic E-state index is -0.000813. The Bertz CT molecular complexity index is 286. The van der Waals surface area contributed by atoms with Crippen LogP contribution in [0.25, 0.3) is 0 Å². The molecule has 0 spiro atoms. The zero-order valence-electron chi connectivity index (χ0n) is 12.2. The quantitative estimate of drug-likeness (QED) is 0.671. The van der Waals surface area contributed by atoms with Crippen LogP contribution in [0.3, 0.4) is 0 Å². The third kappa shape index (κ3) is 7.15. The van der Waals surface area contributed by atoms with Gasteiger partial charge in [-0.05, 0) is 25.2 Å². The molecule has 0 aromatic rings. The van der Waals surface area contributed by atoms with Gasteiger partial charge < -0.3 is 15.5 Å². The van der Waals surface area contributed by atoms with Crippen molar-refractivity contribution in [1.29, 1.82) is 0 Å². The molecular weight excluding hydrogens is 242 g/mol. The Hall–Kier alpha value is -1.10. The molecule has 0 radical (unpaired) electrons. The number of amides is 2. The van der Waals surface area contributed by atoms with Crippen LogP contribution >= 0.6 is 0 Å². The summed E-state index contributed by atoms with van der Waals surface area (Å²) in [4.78, 5) is 25.2. The fraction of sp³-hybridized carbons (Fsp3) is 0.857. The van der Waals surface area contributed by atoms with Crippen molar-refractivity contribution < 1.29 is 9.59 Å². The molecule has 5 nitrogen and oxygen atoms in total. The molecule has 110 valence electrons. The van der Waals surface area contributed by atoms with Crippen LogP contribution < -0.4 is 10.6 Å². The molecule has 5 heteroatoms. The number of rotatable bonds is 7. The number of nitrogens with zero attached hydrogens (tertiary/aromatic N) is 1. The van der Waals surface area contributed by atoms with Gasteiger partial charge in [0.2, 0.25) is 11.8 Å². The number of hydrogen-bond acceptors (Lipinski definition) is 3. The maximum atomic E-state index is 11.8. The normalized spacial score (nSPS) is 15.6. The topological polar surface area (TPSA) is 61.4 Å². The fourth-order valence-corrected chi connectivity index (χ4v) is 2.08. The van der Waals surface area contributed by atoms with E-state index in [4.69, 9.17) is 0 Å². The Balaban J connectivity index is 2.03. The van der Waals surface area contributed by atoms with E-state index in [2.05, 4.69) is 24.5 Å². The van der Waals surface area contributed by atoms with Crippen molar-refractivity contribution in [1.82, 2.24) is 15.5 Å². The number of carbonyl (C=O) groups excluding carboxylic acids is 2. The highest BCUT2D eigenvalue weighted by Crippen LogP contribution is 2.09. The lowest BCUT2D eigenvalue weighted by molar-refractivity contribution is -0.132. The van der Waals surface area contributed by atoms with Gasteiger partial charge in [-0.1, -0.05) is 13.8 Å². The standard InChI is InChI=1S/C14H27N3O2/c1-12(2)10-16-13(18)11-15-7-6-14(19)17-8-4-3-5-9-17/h12,15H,3-11H2,1-2H3,(H,16,18). The Morgan fingerprint density at radius 2 is 1.84 bits per heavy atom. The Morgan fingerprint density at radius 3 is 2.47 bits per heavy atom. The lowest BCUT2D eigenvalue weighted by Gasteiger charge is -2.26. The monoisotopic (exact) mass is 269 g/mol. The first-order valence-electron chi connectivity index (χ1n) is 7.35. The maximum absolute atomic E-state index is 11.8. The van der Waals surface area contributed by atoms with Crippen molar-refractivity contribution >= 4 is 11.8 Å². The van der Waals surface area contributed by atoms with Crippen molar-refractivity contribution in [2.45, 2.75) is 39.5 Å². The minimum absolute atomic E-state index is 0.000813. The Labute approximate surface area is 116 Å². The first-order valence-corrected chi connectivity index (χ1v) is 7.35. The molecule has 0 aliphatic carbocycles. The van der Waals surface area contributed by atoms with Crippen molar-refractivity contribution in [2.24, 2.45) is 5.92 Å². The highest BCUT2D eigenvalue weighted by atomic mass is 16.2. The number of hydrogen-bond donors (Lipinski definition) is 2. The van der Waals surface area contributed by atoms with Crippen molar-refractivity contribution in [3.63, 3.8) is 0 Å². The predicted octanol–water partition coefficient (Wildman–Crippen LogP) is 0.751. The summed E-state index contributed by atoms with van der Waals surface area (Å²) in [6, 6.07) is 0. The highest BCUT2D eigenvalue weighted by molar-refractivity contribution is 5.78. The molecule has 1 heterocycles. The molecule has 0 unspecified atom stereocenters. The van der Waals surface area contributed by atoms with E-state index in [1.807, 2.05) is 4.90 Å². The van der Waals surface area contributed by atoms with Crippen LogP contribution in [0.5, 0.6) is 0 Å². The van der Waals surface area contributed by atoms with Gasteiger partial charge >= 0.3 is 0 Å². The molecule has 19 heavy (non-hydrogen) atoms. The fourth-order valence-electron chi connectivity index (χ4n) is 2.08. The molecule has 0 atom stereocenters. The summed E-state index contributed by atoms with van der Waals surface area (Å²) >= 11 is 0. The maximum Gasteiger partial charge on any atom is 0.233 e. The Morgan fingerprint density at radius 1 is 1.16 bits per heavy atom. The van der Waals surface area contributed by atoms with Crippen LogP contribution in [0.4, 0.5) is 0 Å². The van der Waals surface area contributed by atoms with Gasteiger partial charge in [-0.25, -0.2) is 0 Å². The second-order valence-corrected chi connectivity index (χ2v) is 5.57. The van der Waals surface area contributed by atoms with Crippen LogP contribution in [-0.4, -0.2) is 49.4 Å². The van der Waals surface area contributed by atoms with Gasteiger partial charge in [0.25, 0.3) is 0 Å². The van der Waals surface area contributed by atoms with Gasteiger partial charge in [-0.3, -0.25) is 9.59 Å². The zero-order chi connectivity index (χ0) is 14.1. The first-order chi connectivity index (χ1) is 9.09. The van der Waals surface area contributed by atoms with E-state index in [1.165, 1.54) is 6.42 Å². The van der Waals surface area contributed by atoms with Gasteiger partial charge in [0.15, 0.2) is 0 Å². The lowest BCUT2D eigenvalue weighted by Crippen LogP contribution is -2.39. The van der Waals surface area contributed by atoms with E-state index in [-0.39, 0.29) is 11.8 Å². The van der Waals surface area contributed by atoms with Crippen molar-refractivity contribution in [2.75, 3.05) is 32.7 Å². The summed E-state index contributed by atoms with van der Waals surface area (Å²) < 4.78 is 0. The Kier molecular flexibility index (Phi) is 7.48. The average molecular weight is 269 g/mol. The number of likely N-dealkylation sites (tertiary alicyclic amines) is 1. The van der Waals surface area contributed by atoms with Crippen LogP contribution in [0.1, 0.15) is 39.5 Å². The van der Waals surface area contributed by atoms with Gasteiger partial charge in [0.05, 0.1) is 6.54 Å². The third-order valence-electron chi connectivity index (χ3n) is 3.22. The third-order valence-corrected chi connectivity index (χ3v) is 3.22. The minimum Gasteiger partial charge on any atom is -0.355 e. The zero-order valence-corrected chi connectivity index (χ0v) is 12.2. The van der Waals surface area contributed by atoms with E-state index in [0.717, 1.165) is 25.9 Å². The van der Waals surface area contributed by atoms with E-state index in [0.29, 0.717) is 32.0 Å². The second-order valence-electron chi connectivity index (χ2n) is 5.57. The van der Waals surface area contributed by atoms with Crippen LogP contribution in [0.2, 0.25) is 0 Å². The number of carbonyl (C=O) groups is 2. The van der Waals surface area contributed by atoms with Crippen LogP contribution in [-0.2, 0) is 9.59 Å². The van der Waals surface area contributed by atoms with Gasteiger partial charge in [0, 0.05) is 32.6 Å². The molecule has 1 aliphatic heterocycles. The van der Waals surface area contributed by atoms with Crippen LogP contribution in [0.15, 0.2) is 0 Å². The summed E-state index contributed by atoms with van der Waals surface area (Å²) in [5, 5.41) is 5.86. The summed E-state index contributed by atoms with van der Waals surface area (Å²) in [6.45, 7) is 7.48. The summed E-state index contributed by atoms with van der Waals surface area (Å²) in [6.07, 6.45) is 3.96. The SMILES string of the molecule is CC(C)CNC(=O)CNCCC(=O)N1CCCCC1. The predicted molar refractivity (Wildman–Crippen MR) is 75.8 cm³/mol. The van der Waals surface area contributed by atoms with Crippen LogP contribution in [0, 0.1) is 5.92 Å². The van der Waals surface area contributed by atoms with Gasteiger partial charge in [-0.2, -0.15) is 0 Å². The van der Waals surface area contributed by atoms with E-state index in [1.54, 1.807) is 0 Å². The summed E-state index contributed by atoms with van der Waals surface area (Å²) in [5.74, 6) is 0.665. The van der Waals surface area contributed by atoms with Crippen molar-refractivity contribution in [3.8, 4) is 0 Å².